The highest BCUT2D eigenvalue weighted by Gasteiger charge is 2.12. The number of hydrogen-bond donors (Lipinski definition) is 0. The predicted octanol–water partition coefficient (Wildman–Crippen LogP) is -1.02. The minimum Gasteiger partial charge on any atom is -0.469 e. The number of ether oxygens (including phenoxy) is 1. The molecule has 0 aromatic carbocycles. The molecule has 7 heteroatoms. The maximum absolute atomic E-state index is 10.9. The van der Waals surface area contributed by atoms with E-state index in [0.717, 1.165) is 0 Å². The van der Waals surface area contributed by atoms with Crippen LogP contribution in [0, 0.1) is 0 Å². The SMILES string of the molecule is COC(=O)Cc1nnnn1CC(C)=O. The van der Waals surface area contributed by atoms with E-state index in [0.29, 0.717) is 5.82 Å². The van der Waals surface area contributed by atoms with Gasteiger partial charge in [-0.25, -0.2) is 4.68 Å². The average Bonchev–Trinajstić information content (AvgIpc) is 2.52. The number of nitrogens with zero attached hydrogens (tertiary/aromatic N) is 4. The molecule has 1 rings (SSSR count). The highest BCUT2D eigenvalue weighted by molar-refractivity contribution is 5.75. The predicted molar refractivity (Wildman–Crippen MR) is 44.2 cm³/mol. The molecule has 1 aromatic rings. The molecule has 0 atom stereocenters. The molecule has 1 aromatic heterocycles. The van der Waals surface area contributed by atoms with Crippen LogP contribution in [0.2, 0.25) is 0 Å². The molecule has 76 valence electrons. The van der Waals surface area contributed by atoms with E-state index < -0.39 is 5.97 Å². The van der Waals surface area contributed by atoms with Crippen molar-refractivity contribution in [2.75, 3.05) is 7.11 Å². The summed E-state index contributed by atoms with van der Waals surface area (Å²) in [4.78, 5) is 21.7. The Morgan fingerprint density at radius 1 is 1.50 bits per heavy atom. The van der Waals surface area contributed by atoms with Crippen molar-refractivity contribution >= 4 is 11.8 Å². The van der Waals surface area contributed by atoms with E-state index in [-0.39, 0.29) is 18.7 Å². The fourth-order valence-electron chi connectivity index (χ4n) is 0.885. The van der Waals surface area contributed by atoms with Gasteiger partial charge in [0.05, 0.1) is 7.11 Å². The molecule has 0 N–H and O–H groups in total. The van der Waals surface area contributed by atoms with Crippen molar-refractivity contribution in [3.8, 4) is 0 Å². The van der Waals surface area contributed by atoms with Crippen molar-refractivity contribution in [1.82, 2.24) is 20.2 Å². The van der Waals surface area contributed by atoms with E-state index in [1.165, 1.54) is 18.7 Å². The molecule has 0 aliphatic heterocycles. The van der Waals surface area contributed by atoms with Gasteiger partial charge in [-0.05, 0) is 17.4 Å². The Kier molecular flexibility index (Phi) is 3.27. The molecule has 14 heavy (non-hydrogen) atoms. The Balaban J connectivity index is 2.72. The Morgan fingerprint density at radius 2 is 2.21 bits per heavy atom. The molecule has 0 amide bonds. The first kappa shape index (κ1) is 10.3. The first-order chi connectivity index (χ1) is 6.63. The zero-order chi connectivity index (χ0) is 10.6. The second-order valence-corrected chi connectivity index (χ2v) is 2.71. The number of ketones is 1. The summed E-state index contributed by atoms with van der Waals surface area (Å²) in [6.07, 6.45) is -0.0310. The van der Waals surface area contributed by atoms with Gasteiger partial charge in [-0.15, -0.1) is 5.10 Å². The van der Waals surface area contributed by atoms with Crippen LogP contribution in [0.4, 0.5) is 0 Å². The highest BCUT2D eigenvalue weighted by atomic mass is 16.5. The van der Waals surface area contributed by atoms with Crippen LogP contribution in [0.15, 0.2) is 0 Å². The summed E-state index contributed by atoms with van der Waals surface area (Å²) in [5.74, 6) is -0.194. The number of aromatic nitrogens is 4. The zero-order valence-electron chi connectivity index (χ0n) is 7.93. The van der Waals surface area contributed by atoms with Crippen LogP contribution in [0.3, 0.4) is 0 Å². The van der Waals surface area contributed by atoms with Crippen LogP contribution in [0.25, 0.3) is 0 Å². The summed E-state index contributed by atoms with van der Waals surface area (Å²) < 4.78 is 5.73. The van der Waals surface area contributed by atoms with Crippen molar-refractivity contribution in [3.05, 3.63) is 5.82 Å². The van der Waals surface area contributed by atoms with E-state index in [9.17, 15) is 9.59 Å². The van der Waals surface area contributed by atoms with E-state index >= 15 is 0 Å². The number of methoxy groups -OCH3 is 1. The van der Waals surface area contributed by atoms with Gasteiger partial charge in [-0.3, -0.25) is 9.59 Å². The Hall–Kier alpha value is -1.79. The summed E-state index contributed by atoms with van der Waals surface area (Å²) in [6, 6.07) is 0. The van der Waals surface area contributed by atoms with Gasteiger partial charge in [0.25, 0.3) is 0 Å². The molecule has 0 bridgehead atoms. The lowest BCUT2D eigenvalue weighted by Gasteiger charge is -2.00. The van der Waals surface area contributed by atoms with E-state index in [4.69, 9.17) is 0 Å². The zero-order valence-corrected chi connectivity index (χ0v) is 7.93. The summed E-state index contributed by atoms with van der Waals surface area (Å²) in [7, 11) is 1.28. The topological polar surface area (TPSA) is 87.0 Å². The largest absolute Gasteiger partial charge is 0.469 e. The van der Waals surface area contributed by atoms with Gasteiger partial charge in [0, 0.05) is 0 Å². The van der Waals surface area contributed by atoms with E-state index in [1.807, 2.05) is 0 Å². The Labute approximate surface area is 80.0 Å². The summed E-state index contributed by atoms with van der Waals surface area (Å²) in [5.41, 5.74) is 0. The molecular weight excluding hydrogens is 188 g/mol. The molecule has 0 spiro atoms. The van der Waals surface area contributed by atoms with Crippen molar-refractivity contribution in [2.45, 2.75) is 19.9 Å². The smallest absolute Gasteiger partial charge is 0.313 e. The molecule has 0 aliphatic carbocycles. The number of hydrogen-bond acceptors (Lipinski definition) is 6. The van der Waals surface area contributed by atoms with Gasteiger partial charge in [-0.2, -0.15) is 0 Å². The van der Waals surface area contributed by atoms with E-state index in [2.05, 4.69) is 20.3 Å². The van der Waals surface area contributed by atoms with Crippen molar-refractivity contribution in [2.24, 2.45) is 0 Å². The van der Waals surface area contributed by atoms with Gasteiger partial charge in [0.15, 0.2) is 11.6 Å². The van der Waals surface area contributed by atoms with Crippen LogP contribution >= 0.6 is 0 Å². The molecule has 0 unspecified atom stereocenters. The fraction of sp³-hybridized carbons (Fsp3) is 0.571. The minimum atomic E-state index is -0.440. The second kappa shape index (κ2) is 4.45. The fourth-order valence-corrected chi connectivity index (χ4v) is 0.885. The number of Topliss-reactive ketones (excluding diaryl/α,β-unsaturated/α-hetero) is 1. The van der Waals surface area contributed by atoms with Gasteiger partial charge in [0.1, 0.15) is 13.0 Å². The molecule has 0 fully saturated rings. The highest BCUT2D eigenvalue weighted by Crippen LogP contribution is 1.95. The molecule has 0 saturated carbocycles. The molecule has 0 aliphatic rings. The number of rotatable bonds is 4. The summed E-state index contributed by atoms with van der Waals surface area (Å²) in [5, 5.41) is 10.5. The van der Waals surface area contributed by atoms with Crippen molar-refractivity contribution < 1.29 is 14.3 Å². The van der Waals surface area contributed by atoms with Crippen molar-refractivity contribution in [3.63, 3.8) is 0 Å². The molecule has 0 radical (unpaired) electrons. The number of carbonyl (C=O) groups excluding carboxylic acids is 2. The Bertz CT molecular complexity index is 346. The molecule has 1 heterocycles. The number of carbonyl (C=O) groups is 2. The third-order valence-corrected chi connectivity index (χ3v) is 1.51. The maximum atomic E-state index is 10.9. The lowest BCUT2D eigenvalue weighted by molar-refractivity contribution is -0.140. The average molecular weight is 198 g/mol. The van der Waals surface area contributed by atoms with Gasteiger partial charge >= 0.3 is 5.97 Å². The van der Waals surface area contributed by atoms with Crippen LogP contribution in [-0.4, -0.2) is 39.1 Å². The minimum absolute atomic E-state index is 0.0310. The van der Waals surface area contributed by atoms with Crippen LogP contribution in [-0.2, 0) is 27.3 Å². The van der Waals surface area contributed by atoms with Crippen LogP contribution in [0.1, 0.15) is 12.7 Å². The van der Waals surface area contributed by atoms with Gasteiger partial charge in [0.2, 0.25) is 0 Å². The van der Waals surface area contributed by atoms with Crippen LogP contribution in [0.5, 0.6) is 0 Å². The second-order valence-electron chi connectivity index (χ2n) is 2.71. The first-order valence-electron chi connectivity index (χ1n) is 3.94. The van der Waals surface area contributed by atoms with E-state index in [1.54, 1.807) is 0 Å². The lowest BCUT2D eigenvalue weighted by atomic mass is 10.4. The molecule has 0 saturated heterocycles. The first-order valence-corrected chi connectivity index (χ1v) is 3.94. The third kappa shape index (κ3) is 2.61. The molecule has 7 nitrogen and oxygen atoms in total. The maximum Gasteiger partial charge on any atom is 0.313 e. The number of esters is 1. The van der Waals surface area contributed by atoms with Gasteiger partial charge < -0.3 is 4.74 Å². The summed E-state index contributed by atoms with van der Waals surface area (Å²) >= 11 is 0. The van der Waals surface area contributed by atoms with Gasteiger partial charge in [-0.1, -0.05) is 0 Å². The Morgan fingerprint density at radius 3 is 2.79 bits per heavy atom. The third-order valence-electron chi connectivity index (χ3n) is 1.51. The quantitative estimate of drug-likeness (QED) is 0.575. The lowest BCUT2D eigenvalue weighted by Crippen LogP contribution is -2.15. The molecular formula is C7H10N4O3. The monoisotopic (exact) mass is 198 g/mol. The van der Waals surface area contributed by atoms with Crippen LogP contribution < -0.4 is 0 Å². The standard InChI is InChI=1S/C7H10N4O3/c1-5(12)4-11-6(8-9-10-11)3-7(13)14-2/h3-4H2,1-2H3. The van der Waals surface area contributed by atoms with Crippen molar-refractivity contribution in [1.29, 1.82) is 0 Å². The number of tetrazole rings is 1. The normalized spacial score (nSPS) is 9.86. The summed E-state index contributed by atoms with van der Waals surface area (Å²) in [6.45, 7) is 1.49.